The fourth-order valence-electron chi connectivity index (χ4n) is 7.97. The molecule has 0 unspecified atom stereocenters. The number of carbonyl (C=O) groups excluding carboxylic acids is 3. The smallest absolute Gasteiger partial charge is 0.328 e. The Kier molecular flexibility index (Phi) is 12.0. The molecule has 1 N–H and O–H groups in total. The van der Waals surface area contributed by atoms with Gasteiger partial charge in [0.15, 0.2) is 0 Å². The van der Waals surface area contributed by atoms with Crippen LogP contribution in [-0.2, 0) is 22.6 Å². The summed E-state index contributed by atoms with van der Waals surface area (Å²) in [6, 6.07) is 9.68. The number of benzene rings is 2. The quantitative estimate of drug-likeness (QED) is 0.191. The molecule has 3 aliphatic rings. The molecule has 3 saturated heterocycles. The number of piperidine rings is 2. The van der Waals surface area contributed by atoms with E-state index in [9.17, 15) is 19.2 Å². The van der Waals surface area contributed by atoms with E-state index < -0.39 is 6.03 Å². The average Bonchev–Trinajstić information content (AvgIpc) is 3.22. The number of fused-ring (bicyclic) bond motifs is 1. The number of hydrogen-bond acceptors (Lipinski definition) is 9. The molecule has 14 heteroatoms. The molecule has 4 amide bonds. The van der Waals surface area contributed by atoms with Crippen LogP contribution in [0.3, 0.4) is 0 Å². The standard InChI is InChI=1S/C42H49FN6O7/c1-4-5-15-48-26-33(31-8-14-44-24-32(31)41(48)52)28-21-35(43)34(38(23-28)55-3)25-46-16-9-29(10-17-46)56-30-11-18-47(19-12-30)40(51)27-6-7-37(54-2)36(22-27)49-20-13-39(50)45-42(49)53/h6-8,14,21-24,26,29-30H,4-5,9-13,15-20,25H2,1-3H3,(H,45,50,53). The van der Waals surface area contributed by atoms with Gasteiger partial charge in [-0.25, -0.2) is 9.18 Å². The maximum atomic E-state index is 16.0. The molecule has 3 aliphatic heterocycles. The number of nitrogens with zero attached hydrogens (tertiary/aromatic N) is 5. The topological polar surface area (TPSA) is 136 Å². The van der Waals surface area contributed by atoms with Crippen molar-refractivity contribution >= 4 is 34.3 Å². The van der Waals surface area contributed by atoms with Crippen LogP contribution in [0.2, 0.25) is 0 Å². The number of methoxy groups -OCH3 is 2. The van der Waals surface area contributed by atoms with Gasteiger partial charge in [0.05, 0.1) is 37.5 Å². The van der Waals surface area contributed by atoms with E-state index in [1.807, 2.05) is 17.2 Å². The van der Waals surface area contributed by atoms with Crippen LogP contribution >= 0.6 is 0 Å². The minimum absolute atomic E-state index is 0.0323. The summed E-state index contributed by atoms with van der Waals surface area (Å²) in [5, 5.41) is 3.55. The highest BCUT2D eigenvalue weighted by atomic mass is 19.1. The molecular formula is C42H49FN6O7. The Morgan fingerprint density at radius 2 is 1.64 bits per heavy atom. The van der Waals surface area contributed by atoms with E-state index in [4.69, 9.17) is 14.2 Å². The van der Waals surface area contributed by atoms with Crippen molar-refractivity contribution < 1.29 is 33.0 Å². The Hall–Kier alpha value is -5.34. The monoisotopic (exact) mass is 768 g/mol. The number of amides is 4. The highest BCUT2D eigenvalue weighted by Gasteiger charge is 2.31. The van der Waals surface area contributed by atoms with Gasteiger partial charge in [-0.3, -0.25) is 34.5 Å². The van der Waals surface area contributed by atoms with Crippen LogP contribution in [0, 0.1) is 5.82 Å². The van der Waals surface area contributed by atoms with Gasteiger partial charge in [-0.05, 0) is 79.5 Å². The predicted octanol–water partition coefficient (Wildman–Crippen LogP) is 5.75. The number of ether oxygens (including phenoxy) is 3. The number of hydrogen-bond donors (Lipinski definition) is 1. The van der Waals surface area contributed by atoms with Gasteiger partial charge in [-0.15, -0.1) is 0 Å². The molecule has 7 rings (SSSR count). The molecular weight excluding hydrogens is 719 g/mol. The van der Waals surface area contributed by atoms with Gasteiger partial charge in [0.1, 0.15) is 17.3 Å². The fourth-order valence-corrected chi connectivity index (χ4v) is 7.97. The molecule has 2 aromatic carbocycles. The Bertz CT molecular complexity index is 2160. The maximum Gasteiger partial charge on any atom is 0.328 e. The second-order valence-electron chi connectivity index (χ2n) is 14.7. The van der Waals surface area contributed by atoms with Gasteiger partial charge in [0.2, 0.25) is 5.91 Å². The van der Waals surface area contributed by atoms with E-state index in [1.165, 1.54) is 12.0 Å². The number of nitrogens with one attached hydrogen (secondary N) is 1. The number of aromatic nitrogens is 2. The lowest BCUT2D eigenvalue weighted by Gasteiger charge is -2.37. The zero-order valence-corrected chi connectivity index (χ0v) is 32.2. The van der Waals surface area contributed by atoms with E-state index in [-0.39, 0.29) is 48.4 Å². The average molecular weight is 769 g/mol. The van der Waals surface area contributed by atoms with Crippen LogP contribution in [0.5, 0.6) is 11.5 Å². The molecule has 0 atom stereocenters. The van der Waals surface area contributed by atoms with Crippen molar-refractivity contribution in [2.24, 2.45) is 0 Å². The molecule has 56 heavy (non-hydrogen) atoms. The summed E-state index contributed by atoms with van der Waals surface area (Å²) < 4.78 is 35.4. The van der Waals surface area contributed by atoms with Gasteiger partial charge >= 0.3 is 6.03 Å². The summed E-state index contributed by atoms with van der Waals surface area (Å²) in [5.74, 6) is 0.0862. The molecule has 0 aliphatic carbocycles. The van der Waals surface area contributed by atoms with Crippen molar-refractivity contribution in [1.82, 2.24) is 24.7 Å². The van der Waals surface area contributed by atoms with Crippen molar-refractivity contribution in [2.75, 3.05) is 51.8 Å². The van der Waals surface area contributed by atoms with Crippen LogP contribution in [0.4, 0.5) is 14.9 Å². The molecule has 4 aromatic rings. The van der Waals surface area contributed by atoms with Crippen LogP contribution < -0.4 is 25.2 Å². The third-order valence-electron chi connectivity index (χ3n) is 11.1. The van der Waals surface area contributed by atoms with Gasteiger partial charge in [0.25, 0.3) is 11.5 Å². The first-order valence-corrected chi connectivity index (χ1v) is 19.5. The molecule has 0 spiro atoms. The number of imide groups is 1. The van der Waals surface area contributed by atoms with E-state index >= 15 is 4.39 Å². The molecule has 3 fully saturated rings. The number of carbonyl (C=O) groups is 3. The second kappa shape index (κ2) is 17.2. The summed E-state index contributed by atoms with van der Waals surface area (Å²) in [6.45, 7) is 5.83. The molecule has 0 saturated carbocycles. The first kappa shape index (κ1) is 38.9. The molecule has 5 heterocycles. The molecule has 0 bridgehead atoms. The first-order valence-electron chi connectivity index (χ1n) is 19.5. The lowest BCUT2D eigenvalue weighted by molar-refractivity contribution is -0.120. The van der Waals surface area contributed by atoms with Gasteiger partial charge < -0.3 is 23.7 Å². The normalized spacial score (nSPS) is 17.4. The van der Waals surface area contributed by atoms with Gasteiger partial charge in [-0.2, -0.15) is 0 Å². The predicted molar refractivity (Wildman–Crippen MR) is 210 cm³/mol. The van der Waals surface area contributed by atoms with Crippen LogP contribution in [0.1, 0.15) is 67.8 Å². The third-order valence-corrected chi connectivity index (χ3v) is 11.1. The number of likely N-dealkylation sites (tertiary alicyclic amines) is 2. The molecule has 0 radical (unpaired) electrons. The summed E-state index contributed by atoms with van der Waals surface area (Å²) in [7, 11) is 3.05. The zero-order valence-electron chi connectivity index (χ0n) is 32.2. The third kappa shape index (κ3) is 8.26. The van der Waals surface area contributed by atoms with Gasteiger partial charge in [-0.1, -0.05) is 13.3 Å². The minimum atomic E-state index is -0.540. The Balaban J connectivity index is 0.939. The van der Waals surface area contributed by atoms with Crippen LogP contribution in [0.15, 0.2) is 59.8 Å². The number of urea groups is 1. The maximum absolute atomic E-state index is 16.0. The molecule has 296 valence electrons. The van der Waals surface area contributed by atoms with E-state index in [1.54, 1.807) is 54.4 Å². The van der Waals surface area contributed by atoms with E-state index in [0.717, 1.165) is 49.7 Å². The number of anilines is 1. The number of unbranched alkanes of at least 4 members (excludes halogenated alkanes) is 1. The Morgan fingerprint density at radius 1 is 0.911 bits per heavy atom. The second-order valence-corrected chi connectivity index (χ2v) is 14.7. The summed E-state index contributed by atoms with van der Waals surface area (Å²) in [6.07, 6.45) is 10.2. The summed E-state index contributed by atoms with van der Waals surface area (Å²) >= 11 is 0. The van der Waals surface area contributed by atoms with Crippen LogP contribution in [0.25, 0.3) is 21.9 Å². The fraction of sp³-hybridized carbons (Fsp3) is 0.452. The van der Waals surface area contributed by atoms with E-state index in [2.05, 4.69) is 22.1 Å². The number of aryl methyl sites for hydroxylation is 1. The van der Waals surface area contributed by atoms with E-state index in [0.29, 0.717) is 78.3 Å². The van der Waals surface area contributed by atoms with Crippen molar-refractivity contribution in [3.63, 3.8) is 0 Å². The number of pyridine rings is 2. The summed E-state index contributed by atoms with van der Waals surface area (Å²) in [5.41, 5.74) is 2.68. The van der Waals surface area contributed by atoms with Crippen molar-refractivity contribution in [1.29, 1.82) is 0 Å². The lowest BCUT2D eigenvalue weighted by Crippen LogP contribution is -2.49. The van der Waals surface area contributed by atoms with Crippen molar-refractivity contribution in [3.05, 3.63) is 82.3 Å². The SMILES string of the molecule is CCCCn1cc(-c2cc(F)c(CN3CCC(OC4CCN(C(=O)c5ccc(OC)c(N6CCC(=O)NC6=O)c5)CC4)CC3)c(OC)c2)c2ccncc2c1=O. The largest absolute Gasteiger partial charge is 0.496 e. The Morgan fingerprint density at radius 3 is 2.34 bits per heavy atom. The van der Waals surface area contributed by atoms with Crippen molar-refractivity contribution in [3.8, 4) is 22.6 Å². The highest BCUT2D eigenvalue weighted by Crippen LogP contribution is 2.35. The lowest BCUT2D eigenvalue weighted by atomic mass is 9.98. The number of rotatable bonds is 12. The Labute approximate surface area is 325 Å². The summed E-state index contributed by atoms with van der Waals surface area (Å²) in [4.78, 5) is 60.5. The van der Waals surface area contributed by atoms with Crippen LogP contribution in [-0.4, -0.2) is 96.3 Å². The molecule has 13 nitrogen and oxygen atoms in total. The molecule has 2 aromatic heterocycles. The zero-order chi connectivity index (χ0) is 39.3. The van der Waals surface area contributed by atoms with Crippen molar-refractivity contribution in [2.45, 2.75) is 77.2 Å². The number of halogens is 1. The minimum Gasteiger partial charge on any atom is -0.496 e. The first-order chi connectivity index (χ1) is 27.2. The highest BCUT2D eigenvalue weighted by molar-refractivity contribution is 6.07. The van der Waals surface area contributed by atoms with Gasteiger partial charge in [0, 0.05) is 87.5 Å².